The van der Waals surface area contributed by atoms with Crippen molar-refractivity contribution in [3.8, 4) is 5.88 Å². The first-order chi connectivity index (χ1) is 10.8. The second-order valence-corrected chi connectivity index (χ2v) is 4.99. The summed E-state index contributed by atoms with van der Waals surface area (Å²) in [4.78, 5) is 12.6. The second-order valence-electron chi connectivity index (χ2n) is 4.99. The number of aromatic nitrogens is 1. The molecule has 0 spiro atoms. The molecule has 2 N–H and O–H groups in total. The molecule has 0 unspecified atom stereocenters. The van der Waals surface area contributed by atoms with Crippen molar-refractivity contribution in [3.05, 3.63) is 59.7 Å². The lowest BCUT2D eigenvalue weighted by Gasteiger charge is -2.03. The zero-order chi connectivity index (χ0) is 15.1. The maximum absolute atomic E-state index is 10.3. The van der Waals surface area contributed by atoms with E-state index < -0.39 is 0 Å². The maximum Gasteiger partial charge on any atom is 0.199 e. The van der Waals surface area contributed by atoms with Gasteiger partial charge in [0.05, 0.1) is 11.3 Å². The Hall–Kier alpha value is -3.08. The largest absolute Gasteiger partial charge is 0.494 e. The summed E-state index contributed by atoms with van der Waals surface area (Å²) in [6.45, 7) is 0. The van der Waals surface area contributed by atoms with Gasteiger partial charge in [-0.15, -0.1) is 0 Å². The van der Waals surface area contributed by atoms with Gasteiger partial charge >= 0.3 is 0 Å². The van der Waals surface area contributed by atoms with Crippen molar-refractivity contribution >= 4 is 28.0 Å². The van der Waals surface area contributed by atoms with Gasteiger partial charge in [-0.1, -0.05) is 41.6 Å². The van der Waals surface area contributed by atoms with E-state index in [-0.39, 0.29) is 5.88 Å². The van der Waals surface area contributed by atoms with Crippen LogP contribution >= 0.6 is 0 Å². The number of nitrogens with one attached hydrogen (secondary N) is 1. The van der Waals surface area contributed by atoms with Crippen molar-refractivity contribution in [2.75, 3.05) is 7.11 Å². The summed E-state index contributed by atoms with van der Waals surface area (Å²) in [6, 6.07) is 15.4. The number of aliphatic imine (C=N–C) groups is 1. The molecule has 0 fully saturated rings. The third-order valence-corrected chi connectivity index (χ3v) is 3.72. The lowest BCUT2D eigenvalue weighted by Crippen LogP contribution is -2.13. The highest BCUT2D eigenvalue weighted by Crippen LogP contribution is 2.35. The first-order valence-electron chi connectivity index (χ1n) is 6.89. The van der Waals surface area contributed by atoms with Gasteiger partial charge in [-0.05, 0) is 12.1 Å². The summed E-state index contributed by atoms with van der Waals surface area (Å²) < 4.78 is 0. The van der Waals surface area contributed by atoms with Gasteiger partial charge in [0, 0.05) is 16.5 Å². The number of rotatable bonds is 2. The van der Waals surface area contributed by atoms with E-state index in [9.17, 15) is 5.11 Å². The van der Waals surface area contributed by atoms with Crippen molar-refractivity contribution < 1.29 is 9.94 Å². The first-order valence-corrected chi connectivity index (χ1v) is 6.89. The molecule has 1 aromatic heterocycles. The Labute approximate surface area is 126 Å². The fourth-order valence-electron chi connectivity index (χ4n) is 2.80. The van der Waals surface area contributed by atoms with Gasteiger partial charge in [-0.2, -0.15) is 0 Å². The molecule has 0 radical (unpaired) electrons. The third-order valence-electron chi connectivity index (χ3n) is 3.72. The van der Waals surface area contributed by atoms with Crippen LogP contribution in [0.15, 0.2) is 58.7 Å². The van der Waals surface area contributed by atoms with E-state index in [1.165, 1.54) is 7.11 Å². The molecule has 0 atom stereocenters. The summed E-state index contributed by atoms with van der Waals surface area (Å²) >= 11 is 0. The van der Waals surface area contributed by atoms with Gasteiger partial charge in [0.1, 0.15) is 18.5 Å². The van der Waals surface area contributed by atoms with E-state index in [1.807, 2.05) is 48.5 Å². The fraction of sp³-hybridized carbons (Fsp3) is 0.0588. The van der Waals surface area contributed by atoms with Crippen LogP contribution in [0.5, 0.6) is 5.88 Å². The molecule has 0 saturated heterocycles. The third kappa shape index (κ3) is 1.72. The molecule has 0 saturated carbocycles. The van der Waals surface area contributed by atoms with Crippen molar-refractivity contribution in [2.24, 2.45) is 10.1 Å². The van der Waals surface area contributed by atoms with Crippen LogP contribution in [0.2, 0.25) is 0 Å². The van der Waals surface area contributed by atoms with Gasteiger partial charge in [0.25, 0.3) is 0 Å². The summed E-state index contributed by atoms with van der Waals surface area (Å²) in [5, 5.41) is 15.3. The van der Waals surface area contributed by atoms with Crippen molar-refractivity contribution in [3.63, 3.8) is 0 Å². The summed E-state index contributed by atoms with van der Waals surface area (Å²) in [5.74, 6) is 0.0801. The highest BCUT2D eigenvalue weighted by atomic mass is 16.6. The quantitative estimate of drug-likeness (QED) is 0.711. The normalized spacial score (nSPS) is 15.1. The Bertz CT molecular complexity index is 938. The Morgan fingerprint density at radius 3 is 2.73 bits per heavy atom. The molecule has 1 aliphatic rings. The Morgan fingerprint density at radius 1 is 1.09 bits per heavy atom. The molecule has 0 bridgehead atoms. The molecule has 1 aliphatic heterocycles. The van der Waals surface area contributed by atoms with Crippen LogP contribution in [0, 0.1) is 0 Å². The smallest absolute Gasteiger partial charge is 0.199 e. The molecule has 2 aromatic carbocycles. The molecular formula is C17H13N3O2. The zero-order valence-electron chi connectivity index (χ0n) is 11.9. The lowest BCUT2D eigenvalue weighted by molar-refractivity contribution is 0.214. The molecule has 0 amide bonds. The van der Waals surface area contributed by atoms with Crippen molar-refractivity contribution in [1.29, 1.82) is 0 Å². The van der Waals surface area contributed by atoms with Crippen LogP contribution in [0.4, 0.5) is 5.69 Å². The number of benzene rings is 2. The maximum atomic E-state index is 10.3. The molecular weight excluding hydrogens is 278 g/mol. The van der Waals surface area contributed by atoms with Gasteiger partial charge < -0.3 is 14.9 Å². The van der Waals surface area contributed by atoms with Gasteiger partial charge in [-0.25, -0.2) is 4.99 Å². The fourth-order valence-corrected chi connectivity index (χ4v) is 2.80. The van der Waals surface area contributed by atoms with E-state index >= 15 is 0 Å². The average Bonchev–Trinajstić information content (AvgIpc) is 3.05. The van der Waals surface area contributed by atoms with Gasteiger partial charge in [-0.3, -0.25) is 0 Å². The number of aromatic amines is 1. The van der Waals surface area contributed by atoms with E-state index in [1.54, 1.807) is 0 Å². The van der Waals surface area contributed by atoms with Crippen LogP contribution in [0.25, 0.3) is 10.9 Å². The minimum absolute atomic E-state index is 0.0801. The van der Waals surface area contributed by atoms with Gasteiger partial charge in [0.2, 0.25) is 0 Å². The Kier molecular flexibility index (Phi) is 2.72. The van der Waals surface area contributed by atoms with Crippen LogP contribution in [0.1, 0.15) is 11.1 Å². The number of aromatic hydroxyl groups is 1. The number of hydrogen-bond donors (Lipinski definition) is 2. The first kappa shape index (κ1) is 12.6. The molecule has 22 heavy (non-hydrogen) atoms. The predicted molar refractivity (Wildman–Crippen MR) is 86.1 cm³/mol. The summed E-state index contributed by atoms with van der Waals surface area (Å²) in [6.07, 6.45) is 0. The molecule has 108 valence electrons. The zero-order valence-corrected chi connectivity index (χ0v) is 11.9. The molecule has 3 aromatic rings. The predicted octanol–water partition coefficient (Wildman–Crippen LogP) is 3.36. The average molecular weight is 291 g/mol. The summed E-state index contributed by atoms with van der Waals surface area (Å²) in [5.41, 5.74) is 4.44. The number of nitrogens with zero attached hydrogens (tertiary/aromatic N) is 2. The van der Waals surface area contributed by atoms with Gasteiger partial charge in [0.15, 0.2) is 5.88 Å². The SMILES string of the molecule is CO/N=C1/C(c2c(O)[nH]c3ccccc23)=Nc2ccccc21. The van der Waals surface area contributed by atoms with E-state index in [0.717, 1.165) is 22.2 Å². The standard InChI is InChI=1S/C17H13N3O2/c1-22-20-15-11-7-3-5-9-13(11)18-16(15)14-10-6-2-4-8-12(10)19-17(14)21/h2-9,19,21H,1H3/b20-15+. The number of hydrogen-bond acceptors (Lipinski definition) is 4. The van der Waals surface area contributed by atoms with Crippen molar-refractivity contribution in [1.82, 2.24) is 4.98 Å². The molecule has 5 heteroatoms. The molecule has 0 aliphatic carbocycles. The van der Waals surface area contributed by atoms with Crippen LogP contribution in [-0.2, 0) is 4.84 Å². The Balaban J connectivity index is 1.99. The highest BCUT2D eigenvalue weighted by Gasteiger charge is 2.28. The van der Waals surface area contributed by atoms with Crippen LogP contribution in [-0.4, -0.2) is 28.6 Å². The molecule has 4 rings (SSSR count). The van der Waals surface area contributed by atoms with Crippen LogP contribution < -0.4 is 0 Å². The minimum atomic E-state index is 0.0801. The van der Waals surface area contributed by atoms with E-state index in [4.69, 9.17) is 4.84 Å². The monoisotopic (exact) mass is 291 g/mol. The molecule has 2 heterocycles. The highest BCUT2D eigenvalue weighted by molar-refractivity contribution is 6.58. The molecule has 5 nitrogen and oxygen atoms in total. The van der Waals surface area contributed by atoms with E-state index in [2.05, 4.69) is 15.1 Å². The van der Waals surface area contributed by atoms with Crippen LogP contribution in [0.3, 0.4) is 0 Å². The topological polar surface area (TPSA) is 70.0 Å². The number of fused-ring (bicyclic) bond motifs is 2. The minimum Gasteiger partial charge on any atom is -0.494 e. The van der Waals surface area contributed by atoms with E-state index in [0.29, 0.717) is 17.0 Å². The summed E-state index contributed by atoms with van der Waals surface area (Å²) in [7, 11) is 1.50. The lowest BCUT2D eigenvalue weighted by atomic mass is 10.0. The van der Waals surface area contributed by atoms with Crippen molar-refractivity contribution in [2.45, 2.75) is 0 Å². The number of para-hydroxylation sites is 2. The number of oxime groups is 1. The number of H-pyrrole nitrogens is 1. The second kappa shape index (κ2) is 4.73. The Morgan fingerprint density at radius 2 is 1.86 bits per heavy atom.